The number of hydrogen-bond acceptors (Lipinski definition) is 4. The largest absolute Gasteiger partial charge is 0.268 e. The summed E-state index contributed by atoms with van der Waals surface area (Å²) >= 11 is 0. The first-order chi connectivity index (χ1) is 15.5. The van der Waals surface area contributed by atoms with E-state index in [0.29, 0.717) is 33.7 Å². The Morgan fingerprint density at radius 1 is 0.875 bits per heavy atom. The predicted octanol–water partition coefficient (Wildman–Crippen LogP) is 4.82. The highest BCUT2D eigenvalue weighted by Crippen LogP contribution is 2.37. The highest BCUT2D eigenvalue weighted by atomic mass is 19.1. The molecule has 0 saturated heterocycles. The molecule has 2 aromatic heterocycles. The number of hydrogen-bond donors (Lipinski definition) is 0. The van der Waals surface area contributed by atoms with Crippen molar-refractivity contribution in [2.45, 2.75) is 6.92 Å². The maximum Gasteiger partial charge on any atom is 0.267 e. The summed E-state index contributed by atoms with van der Waals surface area (Å²) in [7, 11) is 0. The van der Waals surface area contributed by atoms with Crippen LogP contribution in [0.3, 0.4) is 0 Å². The fourth-order valence-corrected chi connectivity index (χ4v) is 4.35. The SMILES string of the molecule is Cc1nn(-c2ccc(F)cc2)c2ncc3c(c12)C(=O)N(c1cccc2ccccc12)C3=O. The van der Waals surface area contributed by atoms with Crippen molar-refractivity contribution in [2.24, 2.45) is 0 Å². The molecule has 3 heterocycles. The quantitative estimate of drug-likeness (QED) is 0.383. The van der Waals surface area contributed by atoms with Gasteiger partial charge in [-0.1, -0.05) is 36.4 Å². The fraction of sp³-hybridized carbons (Fsp3) is 0.0400. The average molecular weight is 422 g/mol. The summed E-state index contributed by atoms with van der Waals surface area (Å²) in [5, 5.41) is 6.79. The van der Waals surface area contributed by atoms with Crippen molar-refractivity contribution >= 4 is 39.3 Å². The molecule has 0 fully saturated rings. The van der Waals surface area contributed by atoms with E-state index < -0.39 is 11.8 Å². The Labute approximate surface area is 181 Å². The van der Waals surface area contributed by atoms with Crippen LogP contribution < -0.4 is 4.90 Å². The van der Waals surface area contributed by atoms with Crippen molar-refractivity contribution in [3.63, 3.8) is 0 Å². The van der Waals surface area contributed by atoms with Gasteiger partial charge in [-0.05, 0) is 42.6 Å². The van der Waals surface area contributed by atoms with Crippen molar-refractivity contribution in [1.29, 1.82) is 0 Å². The normalized spacial score (nSPS) is 13.4. The first-order valence-corrected chi connectivity index (χ1v) is 10.1. The van der Waals surface area contributed by atoms with Crippen LogP contribution in [0.25, 0.3) is 27.5 Å². The summed E-state index contributed by atoms with van der Waals surface area (Å²) in [6.45, 7) is 1.77. The van der Waals surface area contributed by atoms with Crippen LogP contribution in [0.1, 0.15) is 26.4 Å². The Morgan fingerprint density at radius 2 is 1.62 bits per heavy atom. The number of amides is 2. The van der Waals surface area contributed by atoms with Crippen molar-refractivity contribution in [1.82, 2.24) is 14.8 Å². The minimum Gasteiger partial charge on any atom is -0.268 e. The topological polar surface area (TPSA) is 68.1 Å². The molecule has 0 N–H and O–H groups in total. The summed E-state index contributed by atoms with van der Waals surface area (Å²) in [6, 6.07) is 19.0. The van der Waals surface area contributed by atoms with Gasteiger partial charge in [0.05, 0.1) is 33.6 Å². The molecule has 0 bridgehead atoms. The van der Waals surface area contributed by atoms with Gasteiger partial charge in [-0.15, -0.1) is 0 Å². The highest BCUT2D eigenvalue weighted by Gasteiger charge is 2.40. The number of rotatable bonds is 2. The molecule has 0 atom stereocenters. The molecule has 7 heteroatoms. The van der Waals surface area contributed by atoms with Crippen molar-refractivity contribution < 1.29 is 14.0 Å². The second-order valence-corrected chi connectivity index (χ2v) is 7.66. The van der Waals surface area contributed by atoms with Crippen LogP contribution in [-0.2, 0) is 0 Å². The molecule has 0 unspecified atom stereocenters. The highest BCUT2D eigenvalue weighted by molar-refractivity contribution is 6.38. The number of benzene rings is 3. The number of aromatic nitrogens is 3. The summed E-state index contributed by atoms with van der Waals surface area (Å²) in [6.07, 6.45) is 1.42. The molecule has 5 aromatic rings. The van der Waals surface area contributed by atoms with E-state index >= 15 is 0 Å². The number of nitrogens with zero attached hydrogens (tertiary/aromatic N) is 4. The third-order valence-corrected chi connectivity index (χ3v) is 5.80. The first-order valence-electron chi connectivity index (χ1n) is 10.1. The molecule has 1 aliphatic heterocycles. The average Bonchev–Trinajstić information content (AvgIpc) is 3.27. The summed E-state index contributed by atoms with van der Waals surface area (Å²) < 4.78 is 14.9. The lowest BCUT2D eigenvalue weighted by atomic mass is 10.1. The molecular formula is C25H15FN4O2. The van der Waals surface area contributed by atoms with Gasteiger partial charge in [0, 0.05) is 11.6 Å². The van der Waals surface area contributed by atoms with Gasteiger partial charge in [0.1, 0.15) is 5.82 Å². The van der Waals surface area contributed by atoms with Crippen molar-refractivity contribution in [3.8, 4) is 5.69 Å². The van der Waals surface area contributed by atoms with Gasteiger partial charge in [-0.25, -0.2) is 19.0 Å². The molecule has 0 saturated carbocycles. The van der Waals surface area contributed by atoms with Gasteiger partial charge in [0.15, 0.2) is 5.65 Å². The number of pyridine rings is 1. The van der Waals surface area contributed by atoms with Gasteiger partial charge >= 0.3 is 0 Å². The van der Waals surface area contributed by atoms with Crippen molar-refractivity contribution in [2.75, 3.05) is 4.90 Å². The van der Waals surface area contributed by atoms with Crippen LogP contribution in [0.5, 0.6) is 0 Å². The number of fused-ring (bicyclic) bond motifs is 4. The molecule has 2 amide bonds. The summed E-state index contributed by atoms with van der Waals surface area (Å²) in [4.78, 5) is 32.6. The minimum atomic E-state index is -0.412. The van der Waals surface area contributed by atoms with Gasteiger partial charge in [0.2, 0.25) is 0 Å². The van der Waals surface area contributed by atoms with E-state index in [1.807, 2.05) is 36.4 Å². The van der Waals surface area contributed by atoms with Gasteiger partial charge in [-0.2, -0.15) is 5.10 Å². The molecule has 6 nitrogen and oxygen atoms in total. The maximum absolute atomic E-state index is 13.6. The van der Waals surface area contributed by atoms with Crippen LogP contribution in [0.4, 0.5) is 10.1 Å². The standard InChI is InChI=1S/C25H15FN4O2/c1-14-21-22-19(13-27-23(21)30(28-14)17-11-9-16(26)10-12-17)24(31)29(25(22)32)20-8-4-6-15-5-2-3-7-18(15)20/h2-13H,1H3. The summed E-state index contributed by atoms with van der Waals surface area (Å²) in [5.41, 5.74) is 2.69. The lowest BCUT2D eigenvalue weighted by molar-refractivity contribution is 0.0927. The Kier molecular flexibility index (Phi) is 3.76. The van der Waals surface area contributed by atoms with E-state index in [-0.39, 0.29) is 11.4 Å². The lowest BCUT2D eigenvalue weighted by Crippen LogP contribution is -2.29. The molecule has 32 heavy (non-hydrogen) atoms. The fourth-order valence-electron chi connectivity index (χ4n) is 4.35. The second-order valence-electron chi connectivity index (χ2n) is 7.66. The molecule has 0 radical (unpaired) electrons. The zero-order valence-electron chi connectivity index (χ0n) is 16.9. The molecule has 154 valence electrons. The van der Waals surface area contributed by atoms with E-state index in [2.05, 4.69) is 10.1 Å². The van der Waals surface area contributed by atoms with E-state index in [0.717, 1.165) is 10.8 Å². The number of imide groups is 1. The molecule has 0 aliphatic carbocycles. The van der Waals surface area contributed by atoms with Gasteiger partial charge < -0.3 is 0 Å². The molecular weight excluding hydrogens is 407 g/mol. The second kappa shape index (κ2) is 6.55. The Morgan fingerprint density at radius 3 is 2.44 bits per heavy atom. The van der Waals surface area contributed by atoms with E-state index in [9.17, 15) is 14.0 Å². The molecule has 1 aliphatic rings. The van der Waals surface area contributed by atoms with Crippen LogP contribution in [0, 0.1) is 12.7 Å². The lowest BCUT2D eigenvalue weighted by Gasteiger charge is -2.16. The third-order valence-electron chi connectivity index (χ3n) is 5.80. The van der Waals surface area contributed by atoms with E-state index in [1.54, 1.807) is 29.8 Å². The monoisotopic (exact) mass is 422 g/mol. The van der Waals surface area contributed by atoms with E-state index in [4.69, 9.17) is 0 Å². The number of aryl methyl sites for hydroxylation is 1. The van der Waals surface area contributed by atoms with Gasteiger partial charge in [0.25, 0.3) is 11.8 Å². The third kappa shape index (κ3) is 2.45. The van der Waals surface area contributed by atoms with Crippen LogP contribution in [0.2, 0.25) is 0 Å². The van der Waals surface area contributed by atoms with Crippen LogP contribution in [-0.4, -0.2) is 26.6 Å². The zero-order valence-corrected chi connectivity index (χ0v) is 16.9. The molecule has 6 rings (SSSR count). The molecule has 0 spiro atoms. The van der Waals surface area contributed by atoms with Crippen LogP contribution >= 0.6 is 0 Å². The molecule has 3 aromatic carbocycles. The number of anilines is 1. The number of carbonyl (C=O) groups is 2. The first kappa shape index (κ1) is 18.4. The van der Waals surface area contributed by atoms with Crippen molar-refractivity contribution in [3.05, 3.63) is 95.6 Å². The van der Waals surface area contributed by atoms with Crippen LogP contribution in [0.15, 0.2) is 72.9 Å². The summed E-state index contributed by atoms with van der Waals surface area (Å²) in [5.74, 6) is -1.18. The Bertz CT molecular complexity index is 1580. The van der Waals surface area contributed by atoms with E-state index in [1.165, 1.54) is 23.2 Å². The smallest absolute Gasteiger partial charge is 0.267 e. The van der Waals surface area contributed by atoms with Gasteiger partial charge in [-0.3, -0.25) is 9.59 Å². The maximum atomic E-state index is 13.6. The number of halogens is 1. The zero-order chi connectivity index (χ0) is 22.0. The predicted molar refractivity (Wildman–Crippen MR) is 119 cm³/mol. The minimum absolute atomic E-state index is 0.247. The Balaban J connectivity index is 1.57. The Hall–Kier alpha value is -4.39. The number of carbonyl (C=O) groups excluding carboxylic acids is 2.